The molecular weight excluding hydrogens is 460 g/mol. The molecule has 0 aliphatic carbocycles. The molecule has 6 aromatic carbocycles. The van der Waals surface area contributed by atoms with Crippen LogP contribution in [0, 0.1) is 12.1 Å². The van der Waals surface area contributed by atoms with E-state index in [2.05, 4.69) is 149 Å². The minimum Gasteiger partial charge on any atom is -0.309 e. The smallest absolute Gasteiger partial charge is 0.0558 e. The van der Waals surface area contributed by atoms with E-state index in [1.54, 1.807) is 0 Å². The lowest BCUT2D eigenvalue weighted by Crippen LogP contribution is -1.95. The molecule has 0 aliphatic rings. The van der Waals surface area contributed by atoms with Gasteiger partial charge < -0.3 is 9.13 Å². The van der Waals surface area contributed by atoms with Crippen molar-refractivity contribution in [2.45, 2.75) is 0 Å². The van der Waals surface area contributed by atoms with Crippen molar-refractivity contribution >= 4 is 43.6 Å². The van der Waals surface area contributed by atoms with Gasteiger partial charge in [-0.25, -0.2) is 0 Å². The Balaban J connectivity index is 1.32. The molecule has 2 heterocycles. The van der Waals surface area contributed by atoms with Gasteiger partial charge in [0, 0.05) is 38.9 Å². The molecule has 0 bridgehead atoms. The minimum atomic E-state index is 1.02. The summed E-state index contributed by atoms with van der Waals surface area (Å²) in [6.45, 7) is 0. The highest BCUT2D eigenvalue weighted by molar-refractivity contribution is 6.10. The Kier molecular flexibility index (Phi) is 4.47. The van der Waals surface area contributed by atoms with Crippen molar-refractivity contribution in [3.63, 3.8) is 0 Å². The number of nitrogens with zero attached hydrogens (tertiary/aromatic N) is 2. The highest BCUT2D eigenvalue weighted by Gasteiger charge is 2.14. The first-order valence-corrected chi connectivity index (χ1v) is 12.9. The fraction of sp³-hybridized carbons (Fsp3) is 0. The minimum absolute atomic E-state index is 1.02. The van der Waals surface area contributed by atoms with Crippen molar-refractivity contribution in [1.82, 2.24) is 9.13 Å². The molecule has 2 nitrogen and oxygen atoms in total. The molecule has 0 saturated carbocycles. The van der Waals surface area contributed by atoms with Gasteiger partial charge in [-0.15, -0.1) is 0 Å². The van der Waals surface area contributed by atoms with E-state index in [0.29, 0.717) is 0 Å². The normalized spacial score (nSPS) is 11.5. The Morgan fingerprint density at radius 1 is 0.421 bits per heavy atom. The average molecular weight is 483 g/mol. The Morgan fingerprint density at radius 3 is 1.42 bits per heavy atom. The fourth-order valence-corrected chi connectivity index (χ4v) is 5.91. The Hall–Kier alpha value is -5.26. The SMILES string of the molecule is c1cc(-n2c3ccccc3c3ccccc32)cc(-c2cccc(-n3c4ccccc4c4ccccc43)c2)c#1. The van der Waals surface area contributed by atoms with Crippen LogP contribution < -0.4 is 0 Å². The number of rotatable bonds is 3. The number of fused-ring (bicyclic) bond motifs is 6. The summed E-state index contributed by atoms with van der Waals surface area (Å²) in [5.41, 5.74) is 9.15. The van der Waals surface area contributed by atoms with E-state index in [1.165, 1.54) is 43.6 Å². The van der Waals surface area contributed by atoms with Gasteiger partial charge in [-0.3, -0.25) is 0 Å². The Bertz CT molecular complexity index is 1880. The fourth-order valence-electron chi connectivity index (χ4n) is 5.91. The van der Waals surface area contributed by atoms with Crippen molar-refractivity contribution in [2.24, 2.45) is 0 Å². The van der Waals surface area contributed by atoms with Crippen LogP contribution in [0.3, 0.4) is 0 Å². The molecule has 0 unspecified atom stereocenters. The predicted molar refractivity (Wildman–Crippen MR) is 158 cm³/mol. The molecule has 176 valence electrons. The van der Waals surface area contributed by atoms with Crippen molar-refractivity contribution in [1.29, 1.82) is 0 Å². The van der Waals surface area contributed by atoms with E-state index in [9.17, 15) is 0 Å². The van der Waals surface area contributed by atoms with E-state index in [4.69, 9.17) is 0 Å². The van der Waals surface area contributed by atoms with Crippen LogP contribution in [0.4, 0.5) is 0 Å². The number of para-hydroxylation sites is 4. The maximum absolute atomic E-state index is 3.38. The summed E-state index contributed by atoms with van der Waals surface area (Å²) in [6.07, 6.45) is 0. The molecule has 38 heavy (non-hydrogen) atoms. The van der Waals surface area contributed by atoms with Crippen molar-refractivity contribution < 1.29 is 0 Å². The molecule has 2 aromatic heterocycles. The molecule has 0 spiro atoms. The molecule has 2 heteroatoms. The largest absolute Gasteiger partial charge is 0.309 e. The van der Waals surface area contributed by atoms with Crippen LogP contribution in [0.1, 0.15) is 0 Å². The quantitative estimate of drug-likeness (QED) is 0.238. The third kappa shape index (κ3) is 3.03. The zero-order valence-corrected chi connectivity index (χ0v) is 20.6. The molecule has 0 atom stereocenters. The Labute approximate surface area is 220 Å². The van der Waals surface area contributed by atoms with Gasteiger partial charge in [-0.05, 0) is 48.0 Å². The first kappa shape index (κ1) is 20.9. The van der Waals surface area contributed by atoms with Gasteiger partial charge in [0.2, 0.25) is 0 Å². The maximum atomic E-state index is 3.38. The van der Waals surface area contributed by atoms with E-state index in [-0.39, 0.29) is 0 Å². The maximum Gasteiger partial charge on any atom is 0.0558 e. The van der Waals surface area contributed by atoms with Crippen LogP contribution in [0.2, 0.25) is 0 Å². The second kappa shape index (κ2) is 8.13. The third-order valence-electron chi connectivity index (χ3n) is 7.55. The van der Waals surface area contributed by atoms with Crippen LogP contribution in [0.25, 0.3) is 66.1 Å². The zero-order chi connectivity index (χ0) is 25.1. The first-order chi connectivity index (χ1) is 18.9. The number of hydrogen-bond acceptors (Lipinski definition) is 0. The standard InChI is InChI=1S/C36H22N2/c1-5-19-33-29(15-1)30-16-2-6-20-34(30)37(33)27-13-9-11-25(23-27)26-12-10-14-28(24-26)38-35-21-7-3-17-31(35)32-18-4-8-22-36(32)38/h1-9,11,13-24H. The van der Waals surface area contributed by atoms with Crippen molar-refractivity contribution in [3.05, 3.63) is 146 Å². The summed E-state index contributed by atoms with van der Waals surface area (Å²) in [4.78, 5) is 0. The van der Waals surface area contributed by atoms with Crippen LogP contribution in [-0.4, -0.2) is 9.13 Å². The summed E-state index contributed by atoms with van der Waals surface area (Å²) in [5, 5.41) is 5.04. The summed E-state index contributed by atoms with van der Waals surface area (Å²) in [5.74, 6) is 0. The van der Waals surface area contributed by atoms with Gasteiger partial charge >= 0.3 is 0 Å². The van der Waals surface area contributed by atoms with Crippen molar-refractivity contribution in [2.75, 3.05) is 0 Å². The Morgan fingerprint density at radius 2 is 0.895 bits per heavy atom. The topological polar surface area (TPSA) is 9.86 Å². The molecule has 0 radical (unpaired) electrons. The second-order valence-electron chi connectivity index (χ2n) is 9.69. The molecule has 8 aromatic rings. The van der Waals surface area contributed by atoms with Gasteiger partial charge in [0.05, 0.1) is 27.8 Å². The molecule has 0 N–H and O–H groups in total. The summed E-state index contributed by atoms with van der Waals surface area (Å²) in [6, 6.07) is 54.1. The molecule has 0 fully saturated rings. The summed E-state index contributed by atoms with van der Waals surface area (Å²) in [7, 11) is 0. The van der Waals surface area contributed by atoms with E-state index in [0.717, 1.165) is 22.5 Å². The van der Waals surface area contributed by atoms with Gasteiger partial charge in [0.15, 0.2) is 0 Å². The van der Waals surface area contributed by atoms with Gasteiger partial charge in [-0.2, -0.15) is 0 Å². The van der Waals surface area contributed by atoms with Crippen molar-refractivity contribution in [3.8, 4) is 22.5 Å². The average Bonchev–Trinajstić information content (AvgIpc) is 3.51. The lowest BCUT2D eigenvalue weighted by atomic mass is 10.1. The molecule has 0 aliphatic heterocycles. The molecule has 8 rings (SSSR count). The third-order valence-corrected chi connectivity index (χ3v) is 7.55. The van der Waals surface area contributed by atoms with Crippen LogP contribution in [0.5, 0.6) is 0 Å². The van der Waals surface area contributed by atoms with Crippen LogP contribution >= 0.6 is 0 Å². The highest BCUT2D eigenvalue weighted by atomic mass is 15.0. The second-order valence-corrected chi connectivity index (χ2v) is 9.69. The van der Waals surface area contributed by atoms with E-state index >= 15 is 0 Å². The number of benzene rings is 5. The summed E-state index contributed by atoms with van der Waals surface area (Å²) >= 11 is 0. The monoisotopic (exact) mass is 482 g/mol. The molecule has 0 amide bonds. The highest BCUT2D eigenvalue weighted by Crippen LogP contribution is 2.35. The zero-order valence-electron chi connectivity index (χ0n) is 20.6. The lowest BCUT2D eigenvalue weighted by molar-refractivity contribution is 1.18. The van der Waals surface area contributed by atoms with E-state index in [1.807, 2.05) is 6.07 Å². The lowest BCUT2D eigenvalue weighted by Gasteiger charge is -2.11. The van der Waals surface area contributed by atoms with Crippen LogP contribution in [-0.2, 0) is 0 Å². The van der Waals surface area contributed by atoms with Gasteiger partial charge in [-0.1, -0.05) is 97.1 Å². The van der Waals surface area contributed by atoms with E-state index < -0.39 is 0 Å². The molecule has 0 saturated heterocycles. The number of aromatic nitrogens is 2. The summed E-state index contributed by atoms with van der Waals surface area (Å²) < 4.78 is 4.68. The molecular formula is C36H22N2. The van der Waals surface area contributed by atoms with Crippen LogP contribution in [0.15, 0.2) is 133 Å². The first-order valence-electron chi connectivity index (χ1n) is 12.9. The van der Waals surface area contributed by atoms with Gasteiger partial charge in [0.25, 0.3) is 0 Å². The number of hydrogen-bond donors (Lipinski definition) is 0. The predicted octanol–water partition coefficient (Wildman–Crippen LogP) is 9.15. The van der Waals surface area contributed by atoms with Gasteiger partial charge in [0.1, 0.15) is 0 Å².